The molecule has 0 spiro atoms. The van der Waals surface area contributed by atoms with Crippen LogP contribution in [0.5, 0.6) is 0 Å². The third kappa shape index (κ3) is 3.39. The molecule has 1 aliphatic rings. The number of sulfonamides is 1. The zero-order chi connectivity index (χ0) is 14.8. The summed E-state index contributed by atoms with van der Waals surface area (Å²) in [5, 5.41) is 0. The Hall–Kier alpha value is -0.500. The lowest BCUT2D eigenvalue weighted by atomic mass is 10.1. The van der Waals surface area contributed by atoms with E-state index >= 15 is 0 Å². The molecule has 20 heavy (non-hydrogen) atoms. The van der Waals surface area contributed by atoms with Crippen molar-refractivity contribution in [2.24, 2.45) is 5.92 Å². The lowest BCUT2D eigenvalue weighted by molar-refractivity contribution is 0.180. The molecule has 0 aliphatic carbocycles. The van der Waals surface area contributed by atoms with E-state index in [0.29, 0.717) is 30.8 Å². The van der Waals surface area contributed by atoms with Gasteiger partial charge in [-0.1, -0.05) is 22.9 Å². The highest BCUT2D eigenvalue weighted by molar-refractivity contribution is 9.10. The van der Waals surface area contributed by atoms with Crippen LogP contribution in [0.15, 0.2) is 27.6 Å². The first kappa shape index (κ1) is 15.9. The first-order chi connectivity index (χ1) is 9.45. The average Bonchev–Trinajstić information content (AvgIpc) is 2.88. The highest BCUT2D eigenvalue weighted by Crippen LogP contribution is 2.24. The van der Waals surface area contributed by atoms with E-state index in [4.69, 9.17) is 4.74 Å². The molecule has 1 heterocycles. The van der Waals surface area contributed by atoms with E-state index in [9.17, 15) is 12.8 Å². The summed E-state index contributed by atoms with van der Waals surface area (Å²) < 4.78 is 46.0. The van der Waals surface area contributed by atoms with Crippen LogP contribution < -0.4 is 0 Å². The highest BCUT2D eigenvalue weighted by Gasteiger charge is 2.29. The molecule has 112 valence electrons. The number of hydrogen-bond donors (Lipinski definition) is 0. The van der Waals surface area contributed by atoms with Crippen LogP contribution in [-0.2, 0) is 14.8 Å². The second-order valence-electron chi connectivity index (χ2n) is 4.76. The average molecular weight is 366 g/mol. The first-order valence-corrected chi connectivity index (χ1v) is 8.71. The Balaban J connectivity index is 2.26. The fraction of sp³-hybridized carbons (Fsp3) is 0.538. The molecule has 1 aromatic carbocycles. The molecule has 1 fully saturated rings. The van der Waals surface area contributed by atoms with Gasteiger partial charge in [0.1, 0.15) is 10.7 Å². The fourth-order valence-corrected chi connectivity index (χ4v) is 4.14. The smallest absolute Gasteiger partial charge is 0.245 e. The first-order valence-electron chi connectivity index (χ1n) is 6.48. The topological polar surface area (TPSA) is 46.6 Å². The van der Waals surface area contributed by atoms with Crippen molar-refractivity contribution in [2.75, 3.05) is 26.3 Å². The quantitative estimate of drug-likeness (QED) is 0.805. The SMILES string of the molecule is CCN(CC1CCOC1)S(=O)(=O)c1ccc(Br)cc1F. The summed E-state index contributed by atoms with van der Waals surface area (Å²) in [6.07, 6.45) is 0.842. The number of benzene rings is 1. The summed E-state index contributed by atoms with van der Waals surface area (Å²) >= 11 is 3.12. The van der Waals surface area contributed by atoms with Gasteiger partial charge in [0, 0.05) is 24.2 Å². The molecule has 0 radical (unpaired) electrons. The third-order valence-electron chi connectivity index (χ3n) is 3.35. The van der Waals surface area contributed by atoms with Crippen molar-refractivity contribution in [1.82, 2.24) is 4.31 Å². The molecule has 1 saturated heterocycles. The van der Waals surface area contributed by atoms with Crippen molar-refractivity contribution in [3.05, 3.63) is 28.5 Å². The second-order valence-corrected chi connectivity index (χ2v) is 7.58. The van der Waals surface area contributed by atoms with E-state index in [1.165, 1.54) is 22.5 Å². The maximum atomic E-state index is 13.9. The number of hydrogen-bond acceptors (Lipinski definition) is 3. The van der Waals surface area contributed by atoms with Gasteiger partial charge in [0.05, 0.1) is 6.61 Å². The molecule has 4 nitrogen and oxygen atoms in total. The van der Waals surface area contributed by atoms with E-state index < -0.39 is 15.8 Å². The van der Waals surface area contributed by atoms with Gasteiger partial charge >= 0.3 is 0 Å². The van der Waals surface area contributed by atoms with Gasteiger partial charge < -0.3 is 4.74 Å². The molecule has 1 aliphatic heterocycles. The monoisotopic (exact) mass is 365 g/mol. The number of rotatable bonds is 5. The van der Waals surface area contributed by atoms with E-state index in [-0.39, 0.29) is 10.8 Å². The predicted molar refractivity (Wildman–Crippen MR) is 77.5 cm³/mol. The van der Waals surface area contributed by atoms with Crippen LogP contribution >= 0.6 is 15.9 Å². The Bertz CT molecular complexity index is 573. The lowest BCUT2D eigenvalue weighted by Gasteiger charge is -2.23. The van der Waals surface area contributed by atoms with Crippen LogP contribution in [-0.4, -0.2) is 39.0 Å². The molecule has 0 saturated carbocycles. The van der Waals surface area contributed by atoms with Gasteiger partial charge in [-0.05, 0) is 30.5 Å². The summed E-state index contributed by atoms with van der Waals surface area (Å²) in [6, 6.07) is 3.99. The molecule has 0 amide bonds. The molecule has 1 unspecified atom stereocenters. The van der Waals surface area contributed by atoms with Crippen molar-refractivity contribution >= 4 is 26.0 Å². The van der Waals surface area contributed by atoms with Gasteiger partial charge in [0.2, 0.25) is 10.0 Å². The van der Waals surface area contributed by atoms with Crippen LogP contribution in [0.25, 0.3) is 0 Å². The largest absolute Gasteiger partial charge is 0.381 e. The van der Waals surface area contributed by atoms with Crippen molar-refractivity contribution < 1.29 is 17.5 Å². The molecule has 1 aromatic rings. The fourth-order valence-electron chi connectivity index (χ4n) is 2.24. The van der Waals surface area contributed by atoms with Gasteiger partial charge in [0.25, 0.3) is 0 Å². The van der Waals surface area contributed by atoms with E-state index in [2.05, 4.69) is 15.9 Å². The van der Waals surface area contributed by atoms with Gasteiger partial charge in [-0.3, -0.25) is 0 Å². The number of ether oxygens (including phenoxy) is 1. The van der Waals surface area contributed by atoms with E-state index in [0.717, 1.165) is 6.42 Å². The third-order valence-corrected chi connectivity index (χ3v) is 5.82. The second kappa shape index (κ2) is 6.51. The van der Waals surface area contributed by atoms with Crippen molar-refractivity contribution in [3.8, 4) is 0 Å². The Morgan fingerprint density at radius 1 is 1.50 bits per heavy atom. The predicted octanol–water partition coefficient (Wildman–Crippen LogP) is 2.64. The Morgan fingerprint density at radius 2 is 2.25 bits per heavy atom. The summed E-state index contributed by atoms with van der Waals surface area (Å²) in [5.41, 5.74) is 0. The minimum atomic E-state index is -3.80. The van der Waals surface area contributed by atoms with Gasteiger partial charge in [-0.2, -0.15) is 4.31 Å². The molecular formula is C13H17BrFNO3S. The summed E-state index contributed by atoms with van der Waals surface area (Å²) in [6.45, 7) is 3.66. The van der Waals surface area contributed by atoms with Crippen LogP contribution in [0.1, 0.15) is 13.3 Å². The molecule has 0 N–H and O–H groups in total. The summed E-state index contributed by atoms with van der Waals surface area (Å²) in [4.78, 5) is -0.276. The van der Waals surface area contributed by atoms with Crippen LogP contribution in [0.3, 0.4) is 0 Å². The summed E-state index contributed by atoms with van der Waals surface area (Å²) in [5.74, 6) is -0.552. The maximum Gasteiger partial charge on any atom is 0.245 e. The van der Waals surface area contributed by atoms with Crippen LogP contribution in [0.2, 0.25) is 0 Å². The Labute approximate surface area is 127 Å². The van der Waals surface area contributed by atoms with Crippen LogP contribution in [0.4, 0.5) is 4.39 Å². The highest BCUT2D eigenvalue weighted by atomic mass is 79.9. The Kier molecular flexibility index (Phi) is 5.17. The molecular weight excluding hydrogens is 349 g/mol. The summed E-state index contributed by atoms with van der Waals surface area (Å²) in [7, 11) is -3.80. The number of nitrogens with zero attached hydrogens (tertiary/aromatic N) is 1. The number of halogens is 2. The van der Waals surface area contributed by atoms with Crippen LogP contribution in [0, 0.1) is 11.7 Å². The minimum absolute atomic E-state index is 0.184. The Morgan fingerprint density at radius 3 is 2.80 bits per heavy atom. The zero-order valence-electron chi connectivity index (χ0n) is 11.2. The lowest BCUT2D eigenvalue weighted by Crippen LogP contribution is -2.36. The van der Waals surface area contributed by atoms with Gasteiger partial charge in [0.15, 0.2) is 0 Å². The molecule has 1 atom stereocenters. The van der Waals surface area contributed by atoms with E-state index in [1.807, 2.05) is 0 Å². The molecule has 2 rings (SSSR count). The maximum absolute atomic E-state index is 13.9. The molecule has 0 bridgehead atoms. The van der Waals surface area contributed by atoms with Gasteiger partial charge in [-0.15, -0.1) is 0 Å². The molecule has 0 aromatic heterocycles. The zero-order valence-corrected chi connectivity index (χ0v) is 13.6. The van der Waals surface area contributed by atoms with Gasteiger partial charge in [-0.25, -0.2) is 12.8 Å². The normalized spacial score (nSPS) is 19.7. The minimum Gasteiger partial charge on any atom is -0.381 e. The van der Waals surface area contributed by atoms with Crippen molar-refractivity contribution in [2.45, 2.75) is 18.2 Å². The van der Waals surface area contributed by atoms with Crippen molar-refractivity contribution in [3.63, 3.8) is 0 Å². The standard InChI is InChI=1S/C13H17BrFNO3S/c1-2-16(8-10-5-6-19-9-10)20(17,18)13-4-3-11(14)7-12(13)15/h3-4,7,10H,2,5-6,8-9H2,1H3. The van der Waals surface area contributed by atoms with Crippen molar-refractivity contribution in [1.29, 1.82) is 0 Å². The molecule has 7 heteroatoms. The van der Waals surface area contributed by atoms with E-state index in [1.54, 1.807) is 6.92 Å².